The van der Waals surface area contributed by atoms with Gasteiger partial charge in [-0.25, -0.2) is 0 Å². The molecule has 3 heteroatoms. The van der Waals surface area contributed by atoms with Crippen LogP contribution in [0.1, 0.15) is 71.8 Å². The van der Waals surface area contributed by atoms with Crippen LogP contribution in [0.3, 0.4) is 0 Å². The fourth-order valence-electron chi connectivity index (χ4n) is 2.97. The molecular formula is C20H30O3. The highest BCUT2D eigenvalue weighted by molar-refractivity contribution is 5.78. The van der Waals surface area contributed by atoms with Gasteiger partial charge < -0.3 is 9.47 Å². The van der Waals surface area contributed by atoms with Crippen molar-refractivity contribution in [1.29, 1.82) is 0 Å². The first kappa shape index (κ1) is 17.8. The first-order valence-electron chi connectivity index (χ1n) is 8.84. The minimum atomic E-state index is -0.459. The summed E-state index contributed by atoms with van der Waals surface area (Å²) >= 11 is 0. The fourth-order valence-corrected chi connectivity index (χ4v) is 2.97. The van der Waals surface area contributed by atoms with Crippen molar-refractivity contribution in [3.63, 3.8) is 0 Å². The molecule has 1 aliphatic rings. The van der Waals surface area contributed by atoms with Crippen LogP contribution in [0.5, 0.6) is 11.5 Å². The van der Waals surface area contributed by atoms with Crippen molar-refractivity contribution in [2.45, 2.75) is 78.7 Å². The lowest BCUT2D eigenvalue weighted by molar-refractivity contribution is -0.144. The van der Waals surface area contributed by atoms with Gasteiger partial charge in [0, 0.05) is 0 Å². The summed E-state index contributed by atoms with van der Waals surface area (Å²) in [7, 11) is 0. The molecule has 1 aromatic rings. The molecule has 0 spiro atoms. The summed E-state index contributed by atoms with van der Waals surface area (Å²) in [5.74, 6) is 1.32. The van der Waals surface area contributed by atoms with E-state index in [0.717, 1.165) is 37.0 Å². The largest absolute Gasteiger partial charge is 0.487 e. The van der Waals surface area contributed by atoms with Crippen LogP contribution in [0.2, 0.25) is 0 Å². The van der Waals surface area contributed by atoms with Gasteiger partial charge in [-0.2, -0.15) is 0 Å². The highest BCUT2D eigenvalue weighted by atomic mass is 16.5. The SMILES string of the molecule is CCC1(Oc2ccc(OC(=O)C(C)(C)CC)cc2C)CCCC1. The van der Waals surface area contributed by atoms with E-state index in [1.807, 2.05) is 45.9 Å². The van der Waals surface area contributed by atoms with Crippen LogP contribution in [0.25, 0.3) is 0 Å². The molecule has 0 aromatic heterocycles. The van der Waals surface area contributed by atoms with Crippen LogP contribution in [0.4, 0.5) is 0 Å². The molecule has 0 N–H and O–H groups in total. The Morgan fingerprint density at radius 2 is 1.87 bits per heavy atom. The van der Waals surface area contributed by atoms with E-state index < -0.39 is 5.41 Å². The van der Waals surface area contributed by atoms with Crippen LogP contribution in [0, 0.1) is 12.3 Å². The second kappa shape index (κ2) is 6.94. The Morgan fingerprint density at radius 3 is 2.39 bits per heavy atom. The Hall–Kier alpha value is -1.51. The molecule has 0 heterocycles. The predicted molar refractivity (Wildman–Crippen MR) is 93.0 cm³/mol. The maximum absolute atomic E-state index is 12.2. The van der Waals surface area contributed by atoms with Gasteiger partial charge in [0.2, 0.25) is 0 Å². The lowest BCUT2D eigenvalue weighted by Crippen LogP contribution is -2.31. The first-order chi connectivity index (χ1) is 10.8. The molecule has 2 rings (SSSR count). The molecule has 23 heavy (non-hydrogen) atoms. The summed E-state index contributed by atoms with van der Waals surface area (Å²) in [6, 6.07) is 5.67. The second-order valence-corrected chi connectivity index (χ2v) is 7.40. The van der Waals surface area contributed by atoms with Crippen LogP contribution in [-0.4, -0.2) is 11.6 Å². The van der Waals surface area contributed by atoms with E-state index >= 15 is 0 Å². The number of carbonyl (C=O) groups is 1. The van der Waals surface area contributed by atoms with Gasteiger partial charge in [-0.1, -0.05) is 13.8 Å². The maximum Gasteiger partial charge on any atom is 0.316 e. The molecular weight excluding hydrogens is 288 g/mol. The number of benzene rings is 1. The van der Waals surface area contributed by atoms with Crippen molar-refractivity contribution in [3.8, 4) is 11.5 Å². The van der Waals surface area contributed by atoms with Gasteiger partial charge >= 0.3 is 5.97 Å². The Morgan fingerprint density at radius 1 is 1.22 bits per heavy atom. The molecule has 1 aromatic carbocycles. The molecule has 0 saturated heterocycles. The predicted octanol–water partition coefficient (Wildman–Crippen LogP) is 5.44. The Labute approximate surface area is 140 Å². The van der Waals surface area contributed by atoms with Gasteiger partial charge in [0.05, 0.1) is 5.41 Å². The van der Waals surface area contributed by atoms with Crippen LogP contribution in [-0.2, 0) is 4.79 Å². The standard InChI is InChI=1S/C20H30O3/c1-6-19(4,5)18(21)22-16-10-11-17(15(3)14-16)23-20(7-2)12-8-9-13-20/h10-11,14H,6-9,12-13H2,1-5H3. The van der Waals surface area contributed by atoms with E-state index in [2.05, 4.69) is 6.92 Å². The summed E-state index contributed by atoms with van der Waals surface area (Å²) in [5, 5.41) is 0. The van der Waals surface area contributed by atoms with Crippen LogP contribution >= 0.6 is 0 Å². The number of hydrogen-bond acceptors (Lipinski definition) is 3. The molecule has 0 unspecified atom stereocenters. The van der Waals surface area contributed by atoms with E-state index in [1.165, 1.54) is 12.8 Å². The summed E-state index contributed by atoms with van der Waals surface area (Å²) in [6.45, 7) is 10.0. The summed E-state index contributed by atoms with van der Waals surface area (Å²) in [4.78, 5) is 12.2. The van der Waals surface area contributed by atoms with Crippen molar-refractivity contribution in [3.05, 3.63) is 23.8 Å². The number of rotatable bonds is 6. The van der Waals surface area contributed by atoms with Gasteiger partial charge in [-0.3, -0.25) is 4.79 Å². The highest BCUT2D eigenvalue weighted by Gasteiger charge is 2.34. The van der Waals surface area contributed by atoms with Crippen molar-refractivity contribution < 1.29 is 14.3 Å². The number of hydrogen-bond donors (Lipinski definition) is 0. The zero-order valence-corrected chi connectivity index (χ0v) is 15.2. The van der Waals surface area contributed by atoms with Gasteiger partial charge in [0.1, 0.15) is 17.1 Å². The Bertz CT molecular complexity index is 554. The third kappa shape index (κ3) is 4.07. The second-order valence-electron chi connectivity index (χ2n) is 7.40. The molecule has 3 nitrogen and oxygen atoms in total. The third-order valence-electron chi connectivity index (χ3n) is 5.28. The van der Waals surface area contributed by atoms with Crippen molar-refractivity contribution in [2.24, 2.45) is 5.41 Å². The van der Waals surface area contributed by atoms with Gasteiger partial charge in [0.15, 0.2) is 0 Å². The number of ether oxygens (including phenoxy) is 2. The average Bonchev–Trinajstić information content (AvgIpc) is 2.99. The molecule has 0 aliphatic heterocycles. The number of aryl methyl sites for hydroxylation is 1. The van der Waals surface area contributed by atoms with Crippen molar-refractivity contribution >= 4 is 5.97 Å². The summed E-state index contributed by atoms with van der Waals surface area (Å²) in [6.07, 6.45) is 6.54. The quantitative estimate of drug-likeness (QED) is 0.517. The molecule has 0 atom stereocenters. The molecule has 1 aliphatic carbocycles. The molecule has 0 amide bonds. The third-order valence-corrected chi connectivity index (χ3v) is 5.28. The average molecular weight is 318 g/mol. The first-order valence-corrected chi connectivity index (χ1v) is 8.84. The minimum absolute atomic E-state index is 0.00679. The van der Waals surface area contributed by atoms with Crippen molar-refractivity contribution in [2.75, 3.05) is 0 Å². The fraction of sp³-hybridized carbons (Fsp3) is 0.650. The lowest BCUT2D eigenvalue weighted by Gasteiger charge is -2.30. The van der Waals surface area contributed by atoms with E-state index in [1.54, 1.807) is 0 Å². The summed E-state index contributed by atoms with van der Waals surface area (Å²) in [5.41, 5.74) is 0.552. The van der Waals surface area contributed by atoms with E-state index in [4.69, 9.17) is 9.47 Å². The molecule has 0 bridgehead atoms. The lowest BCUT2D eigenvalue weighted by atomic mass is 9.91. The zero-order valence-electron chi connectivity index (χ0n) is 15.2. The van der Waals surface area contributed by atoms with Gasteiger partial charge in [0.25, 0.3) is 0 Å². The van der Waals surface area contributed by atoms with Crippen LogP contribution < -0.4 is 9.47 Å². The number of carbonyl (C=O) groups excluding carboxylic acids is 1. The van der Waals surface area contributed by atoms with Gasteiger partial charge in [-0.15, -0.1) is 0 Å². The maximum atomic E-state index is 12.2. The van der Waals surface area contributed by atoms with E-state index in [9.17, 15) is 4.79 Å². The van der Waals surface area contributed by atoms with E-state index in [-0.39, 0.29) is 11.6 Å². The molecule has 128 valence electrons. The normalized spacial score (nSPS) is 17.1. The molecule has 0 radical (unpaired) electrons. The topological polar surface area (TPSA) is 35.5 Å². The number of esters is 1. The van der Waals surface area contributed by atoms with E-state index in [0.29, 0.717) is 5.75 Å². The summed E-state index contributed by atoms with van der Waals surface area (Å²) < 4.78 is 11.9. The Balaban J connectivity index is 2.10. The minimum Gasteiger partial charge on any atom is -0.487 e. The van der Waals surface area contributed by atoms with Crippen LogP contribution in [0.15, 0.2) is 18.2 Å². The van der Waals surface area contributed by atoms with Crippen molar-refractivity contribution in [1.82, 2.24) is 0 Å². The Kier molecular flexibility index (Phi) is 5.38. The zero-order chi connectivity index (χ0) is 17.1. The monoisotopic (exact) mass is 318 g/mol. The smallest absolute Gasteiger partial charge is 0.316 e. The molecule has 1 fully saturated rings. The van der Waals surface area contributed by atoms with Gasteiger partial charge in [-0.05, 0) is 83.1 Å². The molecule has 1 saturated carbocycles. The highest BCUT2D eigenvalue weighted by Crippen LogP contribution is 2.38.